The molecule has 0 aliphatic heterocycles. The summed E-state index contributed by atoms with van der Waals surface area (Å²) in [5.74, 6) is -2.00. The van der Waals surface area contributed by atoms with Gasteiger partial charge in [0.2, 0.25) is 5.91 Å². The largest absolute Gasteiger partial charge is 0.446 e. The predicted octanol–water partition coefficient (Wildman–Crippen LogP) is 8.70. The first-order chi connectivity index (χ1) is 33.7. The maximum absolute atomic E-state index is 15.2. The summed E-state index contributed by atoms with van der Waals surface area (Å²) in [6.07, 6.45) is -11.1. The summed E-state index contributed by atoms with van der Waals surface area (Å²) in [7, 11) is -2.40. The van der Waals surface area contributed by atoms with Crippen molar-refractivity contribution in [3.63, 3.8) is 0 Å². The molecule has 2 unspecified atom stereocenters. The highest BCUT2D eigenvalue weighted by Crippen LogP contribution is 2.47. The predicted molar refractivity (Wildman–Crippen MR) is 246 cm³/mol. The molecule has 0 bridgehead atoms. The van der Waals surface area contributed by atoms with Gasteiger partial charge in [0, 0.05) is 35.4 Å². The Hall–Kier alpha value is -5.46. The maximum Gasteiger partial charge on any atom is 0.435 e. The Balaban J connectivity index is 1.54. The normalized spacial score (nSPS) is 14.4. The molecular weight excluding hydrogens is 1040 g/mol. The zero-order chi connectivity index (χ0) is 52.9. The van der Waals surface area contributed by atoms with Gasteiger partial charge in [-0.05, 0) is 74.8 Å². The number of pyridine rings is 1. The summed E-state index contributed by atoms with van der Waals surface area (Å²) in [5.41, 5.74) is -4.81. The van der Waals surface area contributed by atoms with Crippen molar-refractivity contribution in [3.05, 3.63) is 93.0 Å². The van der Waals surface area contributed by atoms with E-state index in [4.69, 9.17) is 30.9 Å². The van der Waals surface area contributed by atoms with Crippen molar-refractivity contribution >= 4 is 63.1 Å². The lowest BCUT2D eigenvalue weighted by atomic mass is 9.93. The summed E-state index contributed by atoms with van der Waals surface area (Å²) in [5, 5.41) is 18.1. The van der Waals surface area contributed by atoms with Crippen molar-refractivity contribution in [1.29, 1.82) is 0 Å². The number of anilines is 1. The number of ether oxygens (including phenoxy) is 3. The maximum atomic E-state index is 15.2. The lowest BCUT2D eigenvalue weighted by molar-refractivity contribution is -0.142. The number of alkyl halides is 8. The van der Waals surface area contributed by atoms with Crippen molar-refractivity contribution in [2.24, 2.45) is 0 Å². The van der Waals surface area contributed by atoms with Crippen LogP contribution in [0.4, 0.5) is 54.5 Å². The van der Waals surface area contributed by atoms with Gasteiger partial charge in [-0.3, -0.25) is 14.2 Å². The molecule has 1 aliphatic rings. The number of carbonyl (C=O) groups excluding carboxylic acids is 2. The number of thioether (sulfide) groups is 1. The third kappa shape index (κ3) is 13.6. The molecule has 2 aromatic carbocycles. The van der Waals surface area contributed by atoms with E-state index in [9.17, 15) is 48.9 Å². The summed E-state index contributed by atoms with van der Waals surface area (Å²) in [4.78, 5) is 32.3. The Labute approximate surface area is 416 Å². The van der Waals surface area contributed by atoms with E-state index in [1.54, 1.807) is 20.1 Å². The van der Waals surface area contributed by atoms with Crippen LogP contribution in [0.15, 0.2) is 42.5 Å². The van der Waals surface area contributed by atoms with E-state index in [1.807, 2.05) is 0 Å². The minimum absolute atomic E-state index is 0.0217. The Bertz CT molecular complexity index is 2880. The van der Waals surface area contributed by atoms with Gasteiger partial charge in [-0.15, -0.1) is 11.8 Å². The number of nitrogens with one attached hydrogen (secondary N) is 1. The first-order valence-electron chi connectivity index (χ1n) is 21.4. The van der Waals surface area contributed by atoms with Crippen molar-refractivity contribution in [3.8, 4) is 23.0 Å². The zero-order valence-electron chi connectivity index (χ0n) is 38.5. The first-order valence-corrected chi connectivity index (χ1v) is 24.6. The molecule has 14 nitrogen and oxygen atoms in total. The molecule has 27 heteroatoms. The number of fused-ring (bicyclic) bond motifs is 2. The number of hydrogen-bond acceptors (Lipinski definition) is 11. The van der Waals surface area contributed by atoms with Crippen molar-refractivity contribution in [2.75, 3.05) is 56.5 Å². The number of rotatable bonds is 19. The van der Waals surface area contributed by atoms with Crippen LogP contribution >= 0.6 is 23.4 Å². The molecule has 0 fully saturated rings. The van der Waals surface area contributed by atoms with Gasteiger partial charge in [0.25, 0.3) is 5.92 Å². The summed E-state index contributed by atoms with van der Waals surface area (Å²) in [6, 6.07) is 5.77. The van der Waals surface area contributed by atoms with Crippen molar-refractivity contribution in [1.82, 2.24) is 29.9 Å². The van der Waals surface area contributed by atoms with Crippen LogP contribution in [0.3, 0.4) is 0 Å². The van der Waals surface area contributed by atoms with Crippen molar-refractivity contribution in [2.45, 2.75) is 75.3 Å². The summed E-state index contributed by atoms with van der Waals surface area (Å²) >= 11 is 8.06. The molecule has 3 heterocycles. The molecule has 1 aliphatic carbocycles. The fraction of sp³-hybridized carbons (Fsp3) is 0.444. The second-order valence-corrected chi connectivity index (χ2v) is 19.5. The number of aliphatic hydroxyl groups excluding tert-OH is 1. The second kappa shape index (κ2) is 22.8. The molecule has 0 spiro atoms. The van der Waals surface area contributed by atoms with E-state index in [-0.39, 0.29) is 76.2 Å². The second-order valence-electron chi connectivity index (χ2n) is 16.4. The van der Waals surface area contributed by atoms with Crippen LogP contribution in [-0.4, -0.2) is 109 Å². The van der Waals surface area contributed by atoms with Gasteiger partial charge < -0.3 is 24.6 Å². The first kappa shape index (κ1) is 55.8. The van der Waals surface area contributed by atoms with Gasteiger partial charge in [-0.2, -0.15) is 49.6 Å². The quantitative estimate of drug-likeness (QED) is 0.0462. The highest BCUT2D eigenvalue weighted by molar-refractivity contribution is 8.00. The molecule has 2 N–H and O–H groups in total. The van der Waals surface area contributed by atoms with E-state index < -0.39 is 131 Å². The van der Waals surface area contributed by atoms with E-state index in [0.717, 1.165) is 18.4 Å². The summed E-state index contributed by atoms with van der Waals surface area (Å²) < 4.78 is 175. The smallest absolute Gasteiger partial charge is 0.435 e. The van der Waals surface area contributed by atoms with Crippen LogP contribution in [-0.2, 0) is 68.0 Å². The minimum Gasteiger partial charge on any atom is -0.446 e. The third-order valence-electron chi connectivity index (χ3n) is 10.7. The van der Waals surface area contributed by atoms with Gasteiger partial charge in [-0.1, -0.05) is 23.6 Å². The van der Waals surface area contributed by atoms with Crippen molar-refractivity contribution < 1.29 is 77.0 Å². The fourth-order valence-electron chi connectivity index (χ4n) is 7.60. The van der Waals surface area contributed by atoms with Crippen LogP contribution in [0.1, 0.15) is 60.2 Å². The molecule has 72 heavy (non-hydrogen) atoms. The molecule has 0 saturated heterocycles. The Morgan fingerprint density at radius 2 is 1.62 bits per heavy atom. The van der Waals surface area contributed by atoms with Gasteiger partial charge >= 0.3 is 18.4 Å². The molecule has 6 rings (SSSR count). The number of aromatic nitrogens is 5. The number of amides is 2. The highest BCUT2D eigenvalue weighted by atomic mass is 35.5. The van der Waals surface area contributed by atoms with E-state index in [1.165, 1.54) is 36.0 Å². The topological polar surface area (TPSA) is 163 Å². The number of halogens is 11. The van der Waals surface area contributed by atoms with Gasteiger partial charge in [0.05, 0.1) is 65.4 Å². The van der Waals surface area contributed by atoms with Gasteiger partial charge in [-0.25, -0.2) is 22.8 Å². The molecule has 3 aromatic heterocycles. The Kier molecular flexibility index (Phi) is 17.6. The lowest BCUT2D eigenvalue weighted by Crippen LogP contribution is -2.35. The van der Waals surface area contributed by atoms with Crippen LogP contribution in [0.2, 0.25) is 5.02 Å². The Morgan fingerprint density at radius 1 is 0.972 bits per heavy atom. The lowest BCUT2D eigenvalue weighted by Gasteiger charge is -2.23. The number of hydrogen-bond donors (Lipinski definition) is 2. The van der Waals surface area contributed by atoms with E-state index in [2.05, 4.69) is 32.3 Å². The van der Waals surface area contributed by atoms with Crippen LogP contribution in [0.5, 0.6) is 0 Å². The number of aliphatic hydroxyl groups is 1. The van der Waals surface area contributed by atoms with Crippen LogP contribution in [0, 0.1) is 23.5 Å². The zero-order valence-corrected chi connectivity index (χ0v) is 40.8. The molecule has 0 radical (unpaired) electrons. The third-order valence-corrected chi connectivity index (χ3v) is 13.0. The SMILES string of the molecule is CSC(C)(C)C#Cc1ccc(-c2ccc(Cl)c3c(N(C(=O)OCCOCCOCCO)S(C)=O)nn(CC(F)(F)F)c23)c(C(Cc2cc(F)cc(F)c2)NC(=O)Cn2nc(C(F)(F)F)c3c2C(F)(F)CC3)n1. The molecule has 5 aromatic rings. The summed E-state index contributed by atoms with van der Waals surface area (Å²) in [6.45, 7) is -0.238. The highest BCUT2D eigenvalue weighted by Gasteiger charge is 2.50. The van der Waals surface area contributed by atoms with Gasteiger partial charge in [0.15, 0.2) is 11.5 Å². The van der Waals surface area contributed by atoms with Crippen LogP contribution < -0.4 is 9.62 Å². The molecule has 0 saturated carbocycles. The number of benzene rings is 2. The van der Waals surface area contributed by atoms with E-state index >= 15 is 8.78 Å². The van der Waals surface area contributed by atoms with Crippen LogP contribution in [0.25, 0.3) is 22.0 Å². The monoisotopic (exact) mass is 1080 g/mol. The fourth-order valence-corrected chi connectivity index (χ4v) is 8.62. The average molecular weight is 1080 g/mol. The standard InChI is InChI=1S/C45H44ClF10N7O7S2/c1-42(2,71-3)11-9-28-5-6-29(30-7-8-32(46)35-37(30)62(24-44(51,52)53)60-40(35)63(72(4)67)41(66)70-18-17-69-16-15-68-14-13-64)36(57-28)33(21-25-19-26(47)22-27(48)20-25)58-34(65)23-61-39-31(10-12-43(39,49)50)38(59-61)45(54,55)56/h5-8,19-20,22,33,64H,10,12-18,21,23-24H2,1-4H3,(H,58,65). The van der Waals surface area contributed by atoms with E-state index in [0.29, 0.717) is 15.1 Å². The Morgan fingerprint density at radius 3 is 2.25 bits per heavy atom. The van der Waals surface area contributed by atoms with Gasteiger partial charge in [0.1, 0.15) is 53.7 Å². The number of nitrogens with zero attached hydrogens (tertiary/aromatic N) is 6. The minimum atomic E-state index is -5.18. The molecule has 2 amide bonds. The average Bonchev–Trinajstić information content (AvgIpc) is 3.94. The number of carbonyl (C=O) groups is 2. The molecule has 390 valence electrons. The molecular formula is C45H44ClF10N7O7S2. The molecule has 2 atom stereocenters.